The van der Waals surface area contributed by atoms with Gasteiger partial charge in [-0.3, -0.25) is 9.98 Å². The molecule has 0 saturated heterocycles. The van der Waals surface area contributed by atoms with E-state index in [1.54, 1.807) is 11.3 Å². The second-order valence-corrected chi connectivity index (χ2v) is 9.01. The average Bonchev–Trinajstić information content (AvgIpc) is 2.98. The summed E-state index contributed by atoms with van der Waals surface area (Å²) in [6.07, 6.45) is 0. The van der Waals surface area contributed by atoms with Crippen molar-refractivity contribution in [3.8, 4) is 0 Å². The molecule has 0 aliphatic heterocycles. The zero-order chi connectivity index (χ0) is 18.7. The Hall–Kier alpha value is -1.94. The van der Waals surface area contributed by atoms with Crippen LogP contribution in [0.5, 0.6) is 0 Å². The lowest BCUT2D eigenvalue weighted by Gasteiger charge is -2.26. The second kappa shape index (κ2) is 7.52. The number of nitrogens with zero attached hydrogens (tertiary/aromatic N) is 2. The molecule has 0 aliphatic carbocycles. The number of aliphatic imine (C=N–C) groups is 2. The molecule has 0 spiro atoms. The van der Waals surface area contributed by atoms with Gasteiger partial charge in [0, 0.05) is 22.4 Å². The molecule has 1 N–H and O–H groups in total. The molecule has 0 unspecified atom stereocenters. The standard InChI is InChI=1S/C21H29N3S/c1-15(16-12-13-25-14-16)22-18-11-9-8-10-17(18)19(23-20(2,3)4)24-21(5,6)7/h8-14H,1-7H3,(H,23,24). The van der Waals surface area contributed by atoms with Crippen LogP contribution in [-0.2, 0) is 0 Å². The molecule has 0 atom stereocenters. The van der Waals surface area contributed by atoms with Gasteiger partial charge < -0.3 is 5.32 Å². The number of benzene rings is 1. The summed E-state index contributed by atoms with van der Waals surface area (Å²) in [4.78, 5) is 9.82. The summed E-state index contributed by atoms with van der Waals surface area (Å²) in [6, 6.07) is 10.3. The number of hydrogen-bond acceptors (Lipinski definition) is 3. The fourth-order valence-electron chi connectivity index (χ4n) is 2.33. The van der Waals surface area contributed by atoms with Crippen LogP contribution in [-0.4, -0.2) is 22.6 Å². The summed E-state index contributed by atoms with van der Waals surface area (Å²) in [7, 11) is 0. The number of amidine groups is 1. The highest BCUT2D eigenvalue weighted by Gasteiger charge is 2.19. The van der Waals surface area contributed by atoms with Gasteiger partial charge in [0.05, 0.1) is 11.2 Å². The fraction of sp³-hybridized carbons (Fsp3) is 0.429. The maximum Gasteiger partial charge on any atom is 0.131 e. The van der Waals surface area contributed by atoms with Crippen LogP contribution in [0.15, 0.2) is 51.1 Å². The zero-order valence-electron chi connectivity index (χ0n) is 16.3. The molecule has 0 saturated carbocycles. The van der Waals surface area contributed by atoms with Crippen LogP contribution in [0.2, 0.25) is 0 Å². The Bertz CT molecular complexity index is 757. The summed E-state index contributed by atoms with van der Waals surface area (Å²) < 4.78 is 0. The van der Waals surface area contributed by atoms with E-state index in [-0.39, 0.29) is 11.1 Å². The SMILES string of the molecule is CC(=Nc1ccccc1C(=NC(C)(C)C)NC(C)(C)C)c1ccsc1. The Labute approximate surface area is 155 Å². The molecule has 2 aromatic rings. The summed E-state index contributed by atoms with van der Waals surface area (Å²) in [5.41, 5.74) is 3.89. The lowest BCUT2D eigenvalue weighted by molar-refractivity contribution is 0.502. The van der Waals surface area contributed by atoms with E-state index in [4.69, 9.17) is 9.98 Å². The highest BCUT2D eigenvalue weighted by atomic mass is 32.1. The minimum atomic E-state index is -0.174. The van der Waals surface area contributed by atoms with Gasteiger partial charge in [-0.15, -0.1) is 0 Å². The number of rotatable bonds is 3. The van der Waals surface area contributed by atoms with E-state index in [0.29, 0.717) is 0 Å². The first kappa shape index (κ1) is 19.4. The van der Waals surface area contributed by atoms with Crippen molar-refractivity contribution in [1.82, 2.24) is 5.32 Å². The molecular weight excluding hydrogens is 326 g/mol. The molecule has 0 bridgehead atoms. The fourth-order valence-corrected chi connectivity index (χ4v) is 3.03. The largest absolute Gasteiger partial charge is 0.365 e. The highest BCUT2D eigenvalue weighted by Crippen LogP contribution is 2.23. The van der Waals surface area contributed by atoms with Gasteiger partial charge in [-0.1, -0.05) is 12.1 Å². The normalized spacial score (nSPS) is 13.9. The summed E-state index contributed by atoms with van der Waals surface area (Å²) in [5.74, 6) is 0.887. The van der Waals surface area contributed by atoms with Crippen molar-refractivity contribution in [3.63, 3.8) is 0 Å². The lowest BCUT2D eigenvalue weighted by atomic mass is 10.0. The molecule has 0 amide bonds. The predicted octanol–water partition coefficient (Wildman–Crippen LogP) is 5.82. The monoisotopic (exact) mass is 355 g/mol. The van der Waals surface area contributed by atoms with Crippen LogP contribution in [0.4, 0.5) is 5.69 Å². The molecule has 0 fully saturated rings. The third kappa shape index (κ3) is 6.13. The number of hydrogen-bond donors (Lipinski definition) is 1. The Morgan fingerprint density at radius 3 is 2.24 bits per heavy atom. The minimum Gasteiger partial charge on any atom is -0.365 e. The van der Waals surface area contributed by atoms with E-state index in [1.807, 2.05) is 18.2 Å². The summed E-state index contributed by atoms with van der Waals surface area (Å²) >= 11 is 1.69. The van der Waals surface area contributed by atoms with Gasteiger partial charge in [0.2, 0.25) is 0 Å². The number of nitrogens with one attached hydrogen (secondary N) is 1. The van der Waals surface area contributed by atoms with Gasteiger partial charge in [-0.05, 0) is 77.4 Å². The Kier molecular flexibility index (Phi) is 5.83. The molecule has 4 heteroatoms. The molecule has 1 heterocycles. The van der Waals surface area contributed by atoms with E-state index < -0.39 is 0 Å². The van der Waals surface area contributed by atoms with E-state index in [1.165, 1.54) is 0 Å². The quantitative estimate of drug-likeness (QED) is 0.546. The molecule has 0 radical (unpaired) electrons. The van der Waals surface area contributed by atoms with Gasteiger partial charge in [-0.25, -0.2) is 0 Å². The predicted molar refractivity (Wildman–Crippen MR) is 112 cm³/mol. The number of thiophene rings is 1. The first-order valence-corrected chi connectivity index (χ1v) is 9.55. The van der Waals surface area contributed by atoms with E-state index in [0.717, 1.165) is 28.4 Å². The summed E-state index contributed by atoms with van der Waals surface area (Å²) in [6.45, 7) is 14.8. The van der Waals surface area contributed by atoms with Gasteiger partial charge in [0.15, 0.2) is 0 Å². The van der Waals surface area contributed by atoms with Crippen LogP contribution in [0.25, 0.3) is 0 Å². The van der Waals surface area contributed by atoms with Crippen LogP contribution in [0.3, 0.4) is 0 Å². The second-order valence-electron chi connectivity index (χ2n) is 8.23. The average molecular weight is 356 g/mol. The maximum absolute atomic E-state index is 4.93. The minimum absolute atomic E-state index is 0.0800. The van der Waals surface area contributed by atoms with E-state index >= 15 is 0 Å². The third-order valence-electron chi connectivity index (χ3n) is 3.33. The van der Waals surface area contributed by atoms with Crippen LogP contribution in [0, 0.1) is 0 Å². The van der Waals surface area contributed by atoms with Crippen molar-refractivity contribution >= 4 is 28.6 Å². The Morgan fingerprint density at radius 1 is 1.00 bits per heavy atom. The molecular formula is C21H29N3S. The smallest absolute Gasteiger partial charge is 0.131 e. The van der Waals surface area contributed by atoms with Crippen molar-refractivity contribution in [2.24, 2.45) is 9.98 Å². The third-order valence-corrected chi connectivity index (χ3v) is 4.01. The molecule has 25 heavy (non-hydrogen) atoms. The topological polar surface area (TPSA) is 36.8 Å². The first-order valence-electron chi connectivity index (χ1n) is 8.60. The van der Waals surface area contributed by atoms with Crippen molar-refractivity contribution < 1.29 is 0 Å². The summed E-state index contributed by atoms with van der Waals surface area (Å²) in [5, 5.41) is 7.76. The van der Waals surface area contributed by atoms with Crippen LogP contribution < -0.4 is 5.32 Å². The number of para-hydroxylation sites is 1. The van der Waals surface area contributed by atoms with E-state index in [2.05, 4.69) is 76.7 Å². The molecule has 0 aliphatic rings. The molecule has 2 rings (SSSR count). The maximum atomic E-state index is 4.93. The molecule has 134 valence electrons. The Morgan fingerprint density at radius 2 is 1.68 bits per heavy atom. The highest BCUT2D eigenvalue weighted by molar-refractivity contribution is 7.08. The van der Waals surface area contributed by atoms with Crippen molar-refractivity contribution in [1.29, 1.82) is 0 Å². The molecule has 3 nitrogen and oxygen atoms in total. The molecule has 1 aromatic carbocycles. The van der Waals surface area contributed by atoms with Crippen molar-refractivity contribution in [2.45, 2.75) is 59.5 Å². The molecule has 1 aromatic heterocycles. The van der Waals surface area contributed by atoms with Gasteiger partial charge in [0.1, 0.15) is 5.84 Å². The van der Waals surface area contributed by atoms with Gasteiger partial charge in [-0.2, -0.15) is 11.3 Å². The Balaban J connectivity index is 2.52. The van der Waals surface area contributed by atoms with Crippen LogP contribution >= 0.6 is 11.3 Å². The van der Waals surface area contributed by atoms with E-state index in [9.17, 15) is 0 Å². The first-order chi connectivity index (χ1) is 11.6. The van der Waals surface area contributed by atoms with Crippen molar-refractivity contribution in [3.05, 3.63) is 52.2 Å². The van der Waals surface area contributed by atoms with Gasteiger partial charge in [0.25, 0.3) is 0 Å². The zero-order valence-corrected chi connectivity index (χ0v) is 17.2. The van der Waals surface area contributed by atoms with Gasteiger partial charge >= 0.3 is 0 Å². The lowest BCUT2D eigenvalue weighted by Crippen LogP contribution is -2.42. The van der Waals surface area contributed by atoms with Crippen LogP contribution in [0.1, 0.15) is 59.6 Å². The van der Waals surface area contributed by atoms with Crippen molar-refractivity contribution in [2.75, 3.05) is 0 Å².